The molecule has 4 heteroatoms. The van der Waals surface area contributed by atoms with Crippen LogP contribution in [0.3, 0.4) is 0 Å². The van der Waals surface area contributed by atoms with Crippen molar-refractivity contribution in [1.82, 2.24) is 5.32 Å². The lowest BCUT2D eigenvalue weighted by Gasteiger charge is -2.19. The van der Waals surface area contributed by atoms with Crippen LogP contribution in [0.15, 0.2) is 35.7 Å². The van der Waals surface area contributed by atoms with Crippen LogP contribution in [0.25, 0.3) is 0 Å². The third kappa shape index (κ3) is 2.97. The van der Waals surface area contributed by atoms with Crippen LogP contribution in [0, 0.1) is 0 Å². The first-order valence-electron chi connectivity index (χ1n) is 7.20. The van der Waals surface area contributed by atoms with Crippen molar-refractivity contribution in [3.63, 3.8) is 0 Å². The number of hydrogen-bond acceptors (Lipinski definition) is 4. The van der Waals surface area contributed by atoms with Crippen molar-refractivity contribution in [2.45, 2.75) is 19.4 Å². The molecule has 106 valence electrons. The molecule has 0 spiro atoms. The van der Waals surface area contributed by atoms with Gasteiger partial charge in [0.05, 0.1) is 0 Å². The van der Waals surface area contributed by atoms with E-state index in [-0.39, 0.29) is 0 Å². The summed E-state index contributed by atoms with van der Waals surface area (Å²) in [5, 5.41) is 5.53. The third-order valence-corrected chi connectivity index (χ3v) is 4.77. The maximum absolute atomic E-state index is 5.87. The van der Waals surface area contributed by atoms with E-state index >= 15 is 0 Å². The molecule has 3 N–H and O–H groups in total. The first-order chi connectivity index (χ1) is 9.84. The van der Waals surface area contributed by atoms with Crippen molar-refractivity contribution >= 4 is 22.7 Å². The van der Waals surface area contributed by atoms with E-state index in [1.165, 1.54) is 29.0 Å². The minimum atomic E-state index is 0.889. The lowest BCUT2D eigenvalue weighted by molar-refractivity contribution is 0.643. The Morgan fingerprint density at radius 2 is 2.15 bits per heavy atom. The van der Waals surface area contributed by atoms with Crippen LogP contribution in [0.5, 0.6) is 0 Å². The summed E-state index contributed by atoms with van der Waals surface area (Å²) in [5.41, 5.74) is 9.70. The summed E-state index contributed by atoms with van der Waals surface area (Å²) in [5.74, 6) is 0. The lowest BCUT2D eigenvalue weighted by atomic mass is 10.2. The summed E-state index contributed by atoms with van der Waals surface area (Å²) in [6.45, 7) is 4.22. The van der Waals surface area contributed by atoms with Gasteiger partial charge in [-0.2, -0.15) is 0 Å². The number of nitrogens with zero attached hydrogens (tertiary/aromatic N) is 1. The molecule has 1 aromatic carbocycles. The summed E-state index contributed by atoms with van der Waals surface area (Å²) in [6, 6.07) is 10.7. The van der Waals surface area contributed by atoms with Gasteiger partial charge in [-0.15, -0.1) is 11.3 Å². The molecule has 0 fully saturated rings. The van der Waals surface area contributed by atoms with Crippen molar-refractivity contribution in [3.8, 4) is 0 Å². The summed E-state index contributed by atoms with van der Waals surface area (Å²) in [4.78, 5) is 3.74. The Labute approximate surface area is 124 Å². The van der Waals surface area contributed by atoms with Crippen molar-refractivity contribution in [2.75, 3.05) is 30.3 Å². The first kappa shape index (κ1) is 13.5. The van der Waals surface area contributed by atoms with Crippen LogP contribution >= 0.6 is 11.3 Å². The van der Waals surface area contributed by atoms with Crippen LogP contribution in [0.4, 0.5) is 11.4 Å². The van der Waals surface area contributed by atoms with Crippen LogP contribution in [0.1, 0.15) is 16.9 Å². The number of para-hydroxylation sites is 1. The normalized spacial score (nSPS) is 13.7. The Morgan fingerprint density at radius 1 is 1.25 bits per heavy atom. The molecule has 3 rings (SSSR count). The molecule has 0 unspecified atom stereocenters. The van der Waals surface area contributed by atoms with Gasteiger partial charge in [0.1, 0.15) is 0 Å². The molecule has 2 aromatic rings. The zero-order valence-corrected chi connectivity index (χ0v) is 12.5. The molecule has 3 nitrogen and oxygen atoms in total. The van der Waals surface area contributed by atoms with Gasteiger partial charge in [0, 0.05) is 35.9 Å². The Bertz CT molecular complexity index is 564. The number of rotatable bonds is 6. The number of thiophene rings is 1. The van der Waals surface area contributed by atoms with Gasteiger partial charge in [-0.3, -0.25) is 0 Å². The van der Waals surface area contributed by atoms with Gasteiger partial charge in [0.25, 0.3) is 0 Å². The van der Waals surface area contributed by atoms with Crippen molar-refractivity contribution in [2.24, 2.45) is 0 Å². The van der Waals surface area contributed by atoms with Crippen LogP contribution in [-0.4, -0.2) is 19.6 Å². The SMILES string of the molecule is Nc1ccsc1CNCCCN1CCc2ccccc21. The zero-order valence-electron chi connectivity index (χ0n) is 11.6. The first-order valence-corrected chi connectivity index (χ1v) is 8.08. The highest BCUT2D eigenvalue weighted by Crippen LogP contribution is 2.27. The average molecular weight is 287 g/mol. The fourth-order valence-corrected chi connectivity index (χ4v) is 3.50. The quantitative estimate of drug-likeness (QED) is 0.803. The van der Waals surface area contributed by atoms with Gasteiger partial charge in [-0.25, -0.2) is 0 Å². The molecule has 0 amide bonds. The van der Waals surface area contributed by atoms with Gasteiger partial charge in [-0.1, -0.05) is 18.2 Å². The molecule has 0 saturated heterocycles. The van der Waals surface area contributed by atoms with Crippen molar-refractivity contribution in [3.05, 3.63) is 46.2 Å². The highest BCUT2D eigenvalue weighted by atomic mass is 32.1. The number of fused-ring (bicyclic) bond motifs is 1. The molecule has 0 atom stereocenters. The monoisotopic (exact) mass is 287 g/mol. The second-order valence-electron chi connectivity index (χ2n) is 5.20. The maximum Gasteiger partial charge on any atom is 0.0468 e. The third-order valence-electron chi connectivity index (χ3n) is 3.83. The number of nitrogen functional groups attached to an aromatic ring is 1. The molecule has 2 heterocycles. The highest BCUT2D eigenvalue weighted by Gasteiger charge is 2.17. The van der Waals surface area contributed by atoms with E-state index in [9.17, 15) is 0 Å². The summed E-state index contributed by atoms with van der Waals surface area (Å²) in [7, 11) is 0. The average Bonchev–Trinajstić information content (AvgIpc) is 3.06. The topological polar surface area (TPSA) is 41.3 Å². The fraction of sp³-hybridized carbons (Fsp3) is 0.375. The predicted octanol–water partition coefficient (Wildman–Crippen LogP) is 2.87. The number of nitrogens with two attached hydrogens (primary N) is 1. The van der Waals surface area contributed by atoms with Gasteiger partial charge in [0.15, 0.2) is 0 Å². The summed E-state index contributed by atoms with van der Waals surface area (Å²) < 4.78 is 0. The molecule has 1 aromatic heterocycles. The molecule has 0 bridgehead atoms. The van der Waals surface area contributed by atoms with E-state index in [0.717, 1.165) is 31.9 Å². The van der Waals surface area contributed by atoms with E-state index in [4.69, 9.17) is 5.73 Å². The van der Waals surface area contributed by atoms with Gasteiger partial charge >= 0.3 is 0 Å². The van der Waals surface area contributed by atoms with E-state index in [1.807, 2.05) is 11.4 Å². The number of hydrogen-bond donors (Lipinski definition) is 2. The molecule has 1 aliphatic rings. The second kappa shape index (κ2) is 6.29. The Hall–Kier alpha value is -1.52. The van der Waals surface area contributed by atoms with Crippen LogP contribution in [0.2, 0.25) is 0 Å². The Morgan fingerprint density at radius 3 is 3.00 bits per heavy atom. The summed E-state index contributed by atoms with van der Waals surface area (Å²) in [6.07, 6.45) is 2.36. The standard InChI is InChI=1S/C16H21N3S/c17-14-7-11-20-16(14)12-18-8-3-9-19-10-6-13-4-1-2-5-15(13)19/h1-2,4-5,7,11,18H,3,6,8-10,12,17H2. The van der Waals surface area contributed by atoms with Crippen LogP contribution < -0.4 is 16.0 Å². The highest BCUT2D eigenvalue weighted by molar-refractivity contribution is 7.10. The Kier molecular flexibility index (Phi) is 4.23. The molecular weight excluding hydrogens is 266 g/mol. The van der Waals surface area contributed by atoms with Gasteiger partial charge < -0.3 is 16.0 Å². The minimum Gasteiger partial charge on any atom is -0.398 e. The number of benzene rings is 1. The predicted molar refractivity (Wildman–Crippen MR) is 87.4 cm³/mol. The molecule has 20 heavy (non-hydrogen) atoms. The fourth-order valence-electron chi connectivity index (χ4n) is 2.73. The van der Waals surface area contributed by atoms with E-state index in [0.29, 0.717) is 0 Å². The minimum absolute atomic E-state index is 0.889. The molecule has 0 saturated carbocycles. The lowest BCUT2D eigenvalue weighted by Crippen LogP contribution is -2.25. The molecule has 1 aliphatic heterocycles. The van der Waals surface area contributed by atoms with Gasteiger partial charge in [0.2, 0.25) is 0 Å². The zero-order chi connectivity index (χ0) is 13.8. The van der Waals surface area contributed by atoms with Crippen molar-refractivity contribution in [1.29, 1.82) is 0 Å². The van der Waals surface area contributed by atoms with Crippen LogP contribution in [-0.2, 0) is 13.0 Å². The molecular formula is C16H21N3S. The van der Waals surface area contributed by atoms with Crippen molar-refractivity contribution < 1.29 is 0 Å². The second-order valence-corrected chi connectivity index (χ2v) is 6.20. The molecule has 0 radical (unpaired) electrons. The van der Waals surface area contributed by atoms with E-state index in [2.05, 4.69) is 34.5 Å². The maximum atomic E-state index is 5.87. The van der Waals surface area contributed by atoms with E-state index < -0.39 is 0 Å². The van der Waals surface area contributed by atoms with Gasteiger partial charge in [-0.05, 0) is 42.5 Å². The van der Waals surface area contributed by atoms with E-state index in [1.54, 1.807) is 11.3 Å². The Balaban J connectivity index is 1.40. The number of anilines is 2. The number of nitrogens with one attached hydrogen (secondary N) is 1. The summed E-state index contributed by atoms with van der Waals surface area (Å²) >= 11 is 1.73. The largest absolute Gasteiger partial charge is 0.398 e. The molecule has 0 aliphatic carbocycles. The smallest absolute Gasteiger partial charge is 0.0468 e.